The number of rotatable bonds is 1. The summed E-state index contributed by atoms with van der Waals surface area (Å²) in [6.07, 6.45) is 6.50. The van der Waals surface area contributed by atoms with Crippen LogP contribution in [-0.4, -0.2) is 10.7 Å². The van der Waals surface area contributed by atoms with E-state index in [1.54, 1.807) is 0 Å². The van der Waals surface area contributed by atoms with Crippen LogP contribution >= 0.6 is 0 Å². The van der Waals surface area contributed by atoms with E-state index in [1.165, 1.54) is 11.1 Å². The van der Waals surface area contributed by atoms with E-state index in [0.717, 1.165) is 25.7 Å². The van der Waals surface area contributed by atoms with Crippen LogP contribution < -0.4 is 0 Å². The Morgan fingerprint density at radius 1 is 1.50 bits per heavy atom. The molecule has 0 heterocycles. The minimum atomic E-state index is -0.476. The van der Waals surface area contributed by atoms with Crippen molar-refractivity contribution in [1.29, 1.82) is 0 Å². The van der Waals surface area contributed by atoms with Crippen molar-refractivity contribution in [2.75, 3.05) is 0 Å². The lowest BCUT2D eigenvalue weighted by atomic mass is 9.82. The molecule has 0 aliphatic heterocycles. The van der Waals surface area contributed by atoms with E-state index < -0.39 is 5.60 Å². The minimum Gasteiger partial charge on any atom is -0.390 e. The molecule has 0 amide bonds. The highest BCUT2D eigenvalue weighted by Gasteiger charge is 2.44. The molecule has 2 aliphatic rings. The van der Waals surface area contributed by atoms with E-state index in [9.17, 15) is 5.11 Å². The number of allylic oxidation sites excluding steroid dienone is 3. The molecule has 1 saturated carbocycles. The fraction of sp³-hybridized carbons (Fsp3) is 0.733. The fourth-order valence-electron chi connectivity index (χ4n) is 3.36. The summed E-state index contributed by atoms with van der Waals surface area (Å²) in [7, 11) is 0. The van der Waals surface area contributed by atoms with Gasteiger partial charge in [-0.1, -0.05) is 37.6 Å². The average Bonchev–Trinajstić information content (AvgIpc) is 2.39. The van der Waals surface area contributed by atoms with Crippen LogP contribution in [0.5, 0.6) is 0 Å². The third-order valence-electron chi connectivity index (χ3n) is 4.58. The Balaban J connectivity index is 2.24. The van der Waals surface area contributed by atoms with Gasteiger partial charge in [-0.25, -0.2) is 0 Å². The Kier molecular flexibility index (Phi) is 3.00. The van der Waals surface area contributed by atoms with E-state index in [-0.39, 0.29) is 0 Å². The van der Waals surface area contributed by atoms with E-state index in [2.05, 4.69) is 26.5 Å². The van der Waals surface area contributed by atoms with E-state index in [1.807, 2.05) is 6.92 Å². The summed E-state index contributed by atoms with van der Waals surface area (Å²) in [5, 5.41) is 10.4. The Morgan fingerprint density at radius 3 is 2.81 bits per heavy atom. The average molecular weight is 220 g/mol. The van der Waals surface area contributed by atoms with Crippen molar-refractivity contribution >= 4 is 0 Å². The van der Waals surface area contributed by atoms with Crippen molar-refractivity contribution < 1.29 is 5.11 Å². The summed E-state index contributed by atoms with van der Waals surface area (Å²) < 4.78 is 0. The molecule has 3 atom stereocenters. The van der Waals surface area contributed by atoms with Crippen molar-refractivity contribution in [1.82, 2.24) is 0 Å². The second-order valence-corrected chi connectivity index (χ2v) is 6.11. The SMILES string of the molecule is C=C1CC(C(C)C)=CCC2C1CCC2(C)O. The molecule has 0 bridgehead atoms. The van der Waals surface area contributed by atoms with E-state index >= 15 is 0 Å². The zero-order valence-corrected chi connectivity index (χ0v) is 10.8. The molecule has 0 spiro atoms. The van der Waals surface area contributed by atoms with Gasteiger partial charge in [0.1, 0.15) is 0 Å². The van der Waals surface area contributed by atoms with Crippen molar-refractivity contribution in [3.63, 3.8) is 0 Å². The topological polar surface area (TPSA) is 20.2 Å². The van der Waals surface area contributed by atoms with Crippen LogP contribution in [-0.2, 0) is 0 Å². The first-order valence-corrected chi connectivity index (χ1v) is 6.51. The highest BCUT2D eigenvalue weighted by molar-refractivity contribution is 5.24. The summed E-state index contributed by atoms with van der Waals surface area (Å²) in [6.45, 7) is 10.8. The zero-order valence-electron chi connectivity index (χ0n) is 10.8. The van der Waals surface area contributed by atoms with Gasteiger partial charge in [-0.15, -0.1) is 0 Å². The van der Waals surface area contributed by atoms with Crippen LogP contribution in [0.4, 0.5) is 0 Å². The van der Waals surface area contributed by atoms with Crippen LogP contribution in [0.15, 0.2) is 23.8 Å². The maximum Gasteiger partial charge on any atom is 0.0656 e. The van der Waals surface area contributed by atoms with E-state index in [4.69, 9.17) is 0 Å². The van der Waals surface area contributed by atoms with Crippen LogP contribution in [0.3, 0.4) is 0 Å². The van der Waals surface area contributed by atoms with Gasteiger partial charge in [0.2, 0.25) is 0 Å². The second-order valence-electron chi connectivity index (χ2n) is 6.11. The lowest BCUT2D eigenvalue weighted by Gasteiger charge is -2.28. The molecule has 1 N–H and O–H groups in total. The molecule has 90 valence electrons. The molecule has 3 unspecified atom stereocenters. The van der Waals surface area contributed by atoms with Gasteiger partial charge in [-0.05, 0) is 50.4 Å². The van der Waals surface area contributed by atoms with Crippen molar-refractivity contribution in [3.8, 4) is 0 Å². The van der Waals surface area contributed by atoms with Gasteiger partial charge in [0.15, 0.2) is 0 Å². The number of aliphatic hydroxyl groups is 1. The molecule has 0 aromatic heterocycles. The third kappa shape index (κ3) is 1.98. The first-order chi connectivity index (χ1) is 7.42. The lowest BCUT2D eigenvalue weighted by Crippen LogP contribution is -2.31. The van der Waals surface area contributed by atoms with Crippen LogP contribution in [0.1, 0.15) is 46.5 Å². The molecule has 0 saturated heterocycles. The van der Waals surface area contributed by atoms with Crippen molar-refractivity contribution in [3.05, 3.63) is 23.8 Å². The van der Waals surface area contributed by atoms with Gasteiger partial charge in [0.25, 0.3) is 0 Å². The van der Waals surface area contributed by atoms with Gasteiger partial charge in [0, 0.05) is 0 Å². The number of hydrogen-bond donors (Lipinski definition) is 1. The molecular weight excluding hydrogens is 196 g/mol. The minimum absolute atomic E-state index is 0.399. The van der Waals surface area contributed by atoms with Crippen LogP contribution in [0, 0.1) is 17.8 Å². The quantitative estimate of drug-likeness (QED) is 0.668. The van der Waals surface area contributed by atoms with Gasteiger partial charge >= 0.3 is 0 Å². The molecule has 1 fully saturated rings. The monoisotopic (exact) mass is 220 g/mol. The molecule has 16 heavy (non-hydrogen) atoms. The Hall–Kier alpha value is -0.560. The first-order valence-electron chi connectivity index (χ1n) is 6.51. The Morgan fingerprint density at radius 2 is 2.19 bits per heavy atom. The van der Waals surface area contributed by atoms with Crippen molar-refractivity contribution in [2.45, 2.75) is 52.1 Å². The highest BCUT2D eigenvalue weighted by atomic mass is 16.3. The number of hydrogen-bond acceptors (Lipinski definition) is 1. The maximum atomic E-state index is 10.4. The number of fused-ring (bicyclic) bond motifs is 1. The predicted octanol–water partition coefficient (Wildman–Crippen LogP) is 3.70. The largest absolute Gasteiger partial charge is 0.390 e. The molecule has 1 nitrogen and oxygen atoms in total. The third-order valence-corrected chi connectivity index (χ3v) is 4.58. The Bertz CT molecular complexity index is 322. The summed E-state index contributed by atoms with van der Waals surface area (Å²) in [5.41, 5.74) is 2.38. The lowest BCUT2D eigenvalue weighted by molar-refractivity contribution is 0.0154. The summed E-state index contributed by atoms with van der Waals surface area (Å²) >= 11 is 0. The molecule has 2 rings (SSSR count). The summed E-state index contributed by atoms with van der Waals surface area (Å²) in [5.74, 6) is 1.55. The summed E-state index contributed by atoms with van der Waals surface area (Å²) in [6, 6.07) is 0. The second kappa shape index (κ2) is 4.03. The van der Waals surface area contributed by atoms with Crippen LogP contribution in [0.2, 0.25) is 0 Å². The molecule has 2 aliphatic carbocycles. The summed E-state index contributed by atoms with van der Waals surface area (Å²) in [4.78, 5) is 0. The predicted molar refractivity (Wildman–Crippen MR) is 68.1 cm³/mol. The standard InChI is InChI=1S/C15H24O/c1-10(2)12-5-6-14-13(11(3)9-12)7-8-15(14,4)16/h5,10,13-14,16H,3,6-9H2,1-2,4H3. The smallest absolute Gasteiger partial charge is 0.0656 e. The fourth-order valence-corrected chi connectivity index (χ4v) is 3.36. The maximum absolute atomic E-state index is 10.4. The molecule has 0 radical (unpaired) electrons. The van der Waals surface area contributed by atoms with Crippen LogP contribution in [0.25, 0.3) is 0 Å². The molecule has 1 heteroatoms. The van der Waals surface area contributed by atoms with Crippen molar-refractivity contribution in [2.24, 2.45) is 17.8 Å². The molecule has 0 aromatic carbocycles. The van der Waals surface area contributed by atoms with E-state index in [0.29, 0.717) is 17.8 Å². The highest BCUT2D eigenvalue weighted by Crippen LogP contribution is 2.48. The first kappa shape index (κ1) is 11.9. The normalized spacial score (nSPS) is 39.6. The zero-order chi connectivity index (χ0) is 11.9. The van der Waals surface area contributed by atoms with Gasteiger partial charge in [-0.2, -0.15) is 0 Å². The van der Waals surface area contributed by atoms with Gasteiger partial charge < -0.3 is 5.11 Å². The van der Waals surface area contributed by atoms with Gasteiger partial charge in [0.05, 0.1) is 5.60 Å². The molecular formula is C15H24O. The Labute approximate surface area is 99.3 Å². The van der Waals surface area contributed by atoms with Gasteiger partial charge in [-0.3, -0.25) is 0 Å². The molecule has 0 aromatic rings.